The van der Waals surface area contributed by atoms with Crippen molar-refractivity contribution in [2.75, 3.05) is 5.32 Å². The van der Waals surface area contributed by atoms with Gasteiger partial charge in [0.05, 0.1) is 17.9 Å². The van der Waals surface area contributed by atoms with E-state index in [0.717, 1.165) is 5.69 Å². The third kappa shape index (κ3) is 2.90. The van der Waals surface area contributed by atoms with E-state index in [-0.39, 0.29) is 5.82 Å². The molecule has 96 valence electrons. The van der Waals surface area contributed by atoms with Crippen LogP contribution in [0.15, 0.2) is 34.9 Å². The molecule has 0 radical (unpaired) electrons. The van der Waals surface area contributed by atoms with E-state index in [1.807, 2.05) is 16.9 Å². The first-order valence-corrected chi connectivity index (χ1v) is 6.59. The van der Waals surface area contributed by atoms with Gasteiger partial charge in [0, 0.05) is 16.7 Å². The molecule has 0 aliphatic heterocycles. The van der Waals surface area contributed by atoms with Gasteiger partial charge in [0.2, 0.25) is 0 Å². The Morgan fingerprint density at radius 2 is 2.17 bits per heavy atom. The zero-order chi connectivity index (χ0) is 13.1. The highest BCUT2D eigenvalue weighted by atomic mass is 79.9. The molecule has 0 saturated heterocycles. The van der Waals surface area contributed by atoms with E-state index in [1.165, 1.54) is 6.07 Å². The summed E-state index contributed by atoms with van der Waals surface area (Å²) in [5, 5.41) is 7.45. The average molecular weight is 312 g/mol. The number of aromatic nitrogens is 2. The monoisotopic (exact) mass is 311 g/mol. The third-order valence-corrected chi connectivity index (χ3v) is 3.26. The maximum atomic E-state index is 13.6. The standard InChI is InChI=1S/C13H15BrFN3/c1-9(2)18-7-6-10(17-18)8-16-13-11(14)4-3-5-12(13)15/h3-7,9,16H,8H2,1-2H3. The predicted molar refractivity (Wildman–Crippen MR) is 74.0 cm³/mol. The maximum absolute atomic E-state index is 13.6. The quantitative estimate of drug-likeness (QED) is 0.925. The van der Waals surface area contributed by atoms with Gasteiger partial charge in [0.1, 0.15) is 5.82 Å². The van der Waals surface area contributed by atoms with Gasteiger partial charge in [0.15, 0.2) is 0 Å². The molecule has 18 heavy (non-hydrogen) atoms. The van der Waals surface area contributed by atoms with E-state index >= 15 is 0 Å². The molecule has 0 atom stereocenters. The normalized spacial score (nSPS) is 10.9. The molecule has 0 bridgehead atoms. The van der Waals surface area contributed by atoms with Crippen LogP contribution in [0.1, 0.15) is 25.6 Å². The van der Waals surface area contributed by atoms with Crippen LogP contribution in [0.4, 0.5) is 10.1 Å². The van der Waals surface area contributed by atoms with E-state index in [9.17, 15) is 4.39 Å². The molecule has 0 fully saturated rings. The van der Waals surface area contributed by atoms with Crippen LogP contribution in [0.25, 0.3) is 0 Å². The highest BCUT2D eigenvalue weighted by molar-refractivity contribution is 9.10. The first kappa shape index (κ1) is 13.1. The molecule has 0 amide bonds. The number of nitrogens with zero attached hydrogens (tertiary/aromatic N) is 2. The Labute approximate surface area is 114 Å². The Morgan fingerprint density at radius 1 is 1.39 bits per heavy atom. The molecule has 0 aliphatic carbocycles. The summed E-state index contributed by atoms with van der Waals surface area (Å²) >= 11 is 3.32. The molecule has 1 aromatic heterocycles. The highest BCUT2D eigenvalue weighted by Crippen LogP contribution is 2.25. The predicted octanol–water partition coefficient (Wildman–Crippen LogP) is 3.98. The molecule has 2 rings (SSSR count). The van der Waals surface area contributed by atoms with Gasteiger partial charge in [-0.25, -0.2) is 4.39 Å². The maximum Gasteiger partial charge on any atom is 0.147 e. The second kappa shape index (κ2) is 5.52. The topological polar surface area (TPSA) is 29.9 Å². The fraction of sp³-hybridized carbons (Fsp3) is 0.308. The van der Waals surface area contributed by atoms with Crippen molar-refractivity contribution >= 4 is 21.6 Å². The van der Waals surface area contributed by atoms with Crippen molar-refractivity contribution in [1.82, 2.24) is 9.78 Å². The summed E-state index contributed by atoms with van der Waals surface area (Å²) in [5.41, 5.74) is 1.36. The smallest absolute Gasteiger partial charge is 0.147 e. The Morgan fingerprint density at radius 3 is 2.78 bits per heavy atom. The van der Waals surface area contributed by atoms with Gasteiger partial charge in [-0.05, 0) is 48.0 Å². The zero-order valence-electron chi connectivity index (χ0n) is 10.3. The molecule has 0 spiro atoms. The number of rotatable bonds is 4. The summed E-state index contributed by atoms with van der Waals surface area (Å²) in [6.45, 7) is 4.63. The van der Waals surface area contributed by atoms with Gasteiger partial charge in [-0.15, -0.1) is 0 Å². The van der Waals surface area contributed by atoms with Crippen LogP contribution in [0, 0.1) is 5.82 Å². The highest BCUT2D eigenvalue weighted by Gasteiger charge is 2.07. The summed E-state index contributed by atoms with van der Waals surface area (Å²) in [4.78, 5) is 0. The Hall–Kier alpha value is -1.36. The Balaban J connectivity index is 2.07. The summed E-state index contributed by atoms with van der Waals surface area (Å²) in [7, 11) is 0. The molecular weight excluding hydrogens is 297 g/mol. The molecule has 0 unspecified atom stereocenters. The second-order valence-electron chi connectivity index (χ2n) is 4.33. The van der Waals surface area contributed by atoms with E-state index in [1.54, 1.807) is 12.1 Å². The molecule has 1 heterocycles. The summed E-state index contributed by atoms with van der Waals surface area (Å²) in [5.74, 6) is -0.271. The lowest BCUT2D eigenvalue weighted by Gasteiger charge is -2.08. The Kier molecular flexibility index (Phi) is 4.01. The van der Waals surface area contributed by atoms with Crippen molar-refractivity contribution in [2.45, 2.75) is 26.4 Å². The lowest BCUT2D eigenvalue weighted by Crippen LogP contribution is -2.05. The van der Waals surface area contributed by atoms with Crippen molar-refractivity contribution in [3.8, 4) is 0 Å². The van der Waals surface area contributed by atoms with E-state index in [4.69, 9.17) is 0 Å². The number of benzene rings is 1. The minimum Gasteiger partial charge on any atom is -0.376 e. The van der Waals surface area contributed by atoms with Crippen LogP contribution in [0.3, 0.4) is 0 Å². The number of para-hydroxylation sites is 1. The van der Waals surface area contributed by atoms with Crippen molar-refractivity contribution in [1.29, 1.82) is 0 Å². The molecule has 3 nitrogen and oxygen atoms in total. The first-order chi connectivity index (χ1) is 8.58. The van der Waals surface area contributed by atoms with Crippen molar-refractivity contribution < 1.29 is 4.39 Å². The lowest BCUT2D eigenvalue weighted by molar-refractivity contribution is 0.527. The number of nitrogens with one attached hydrogen (secondary N) is 1. The van der Waals surface area contributed by atoms with Gasteiger partial charge in [-0.1, -0.05) is 6.07 Å². The summed E-state index contributed by atoms with van der Waals surface area (Å²) < 4.78 is 16.2. The molecular formula is C13H15BrFN3. The second-order valence-corrected chi connectivity index (χ2v) is 5.19. The SMILES string of the molecule is CC(C)n1ccc(CNc2c(F)cccc2Br)n1. The van der Waals surface area contributed by atoms with Gasteiger partial charge in [-0.2, -0.15) is 5.10 Å². The van der Waals surface area contributed by atoms with E-state index in [2.05, 4.69) is 40.2 Å². The number of anilines is 1. The largest absolute Gasteiger partial charge is 0.376 e. The zero-order valence-corrected chi connectivity index (χ0v) is 11.9. The molecule has 0 aliphatic rings. The van der Waals surface area contributed by atoms with Crippen molar-refractivity contribution in [3.63, 3.8) is 0 Å². The summed E-state index contributed by atoms with van der Waals surface area (Å²) in [6, 6.07) is 7.16. The van der Waals surface area contributed by atoms with E-state index < -0.39 is 0 Å². The van der Waals surface area contributed by atoms with Gasteiger partial charge < -0.3 is 5.32 Å². The first-order valence-electron chi connectivity index (χ1n) is 5.80. The average Bonchev–Trinajstić information content (AvgIpc) is 2.77. The third-order valence-electron chi connectivity index (χ3n) is 2.60. The molecule has 5 heteroatoms. The van der Waals surface area contributed by atoms with Crippen molar-refractivity contribution in [2.24, 2.45) is 0 Å². The van der Waals surface area contributed by atoms with Crippen LogP contribution in [-0.2, 0) is 6.54 Å². The minimum absolute atomic E-state index is 0.271. The fourth-order valence-electron chi connectivity index (χ4n) is 1.60. The number of hydrogen-bond acceptors (Lipinski definition) is 2. The van der Waals surface area contributed by atoms with Crippen LogP contribution in [0.5, 0.6) is 0 Å². The number of hydrogen-bond donors (Lipinski definition) is 1. The van der Waals surface area contributed by atoms with Crippen LogP contribution in [-0.4, -0.2) is 9.78 Å². The molecule has 1 N–H and O–H groups in total. The Bertz CT molecular complexity index is 517. The minimum atomic E-state index is -0.271. The lowest BCUT2D eigenvalue weighted by atomic mass is 10.3. The van der Waals surface area contributed by atoms with Crippen LogP contribution in [0.2, 0.25) is 0 Å². The van der Waals surface area contributed by atoms with Gasteiger partial charge in [0.25, 0.3) is 0 Å². The van der Waals surface area contributed by atoms with Crippen LogP contribution < -0.4 is 5.32 Å². The van der Waals surface area contributed by atoms with E-state index in [0.29, 0.717) is 22.7 Å². The molecule has 2 aromatic rings. The van der Waals surface area contributed by atoms with Gasteiger partial charge >= 0.3 is 0 Å². The molecule has 0 saturated carbocycles. The fourth-order valence-corrected chi connectivity index (χ4v) is 2.09. The summed E-state index contributed by atoms with van der Waals surface area (Å²) in [6.07, 6.45) is 1.93. The van der Waals surface area contributed by atoms with Gasteiger partial charge in [-0.3, -0.25) is 4.68 Å². The van der Waals surface area contributed by atoms with Crippen LogP contribution >= 0.6 is 15.9 Å². The molecule has 1 aromatic carbocycles. The number of halogens is 2. The van der Waals surface area contributed by atoms with Crippen molar-refractivity contribution in [3.05, 3.63) is 46.4 Å².